The number of halogens is 1. The minimum absolute atomic E-state index is 0.402. The summed E-state index contributed by atoms with van der Waals surface area (Å²) >= 11 is 5.96. The second-order valence-electron chi connectivity index (χ2n) is 6.36. The van der Waals surface area contributed by atoms with Crippen LogP contribution in [0.1, 0.15) is 44.1 Å². The molecule has 7 heteroatoms. The van der Waals surface area contributed by atoms with Gasteiger partial charge in [0.2, 0.25) is 0 Å². The van der Waals surface area contributed by atoms with Crippen LogP contribution < -0.4 is 0 Å². The maximum Gasteiger partial charge on any atom is 0.331 e. The molecule has 2 atom stereocenters. The van der Waals surface area contributed by atoms with Gasteiger partial charge in [-0.1, -0.05) is 36.7 Å². The van der Waals surface area contributed by atoms with Gasteiger partial charge in [-0.25, -0.2) is 9.80 Å². The van der Waals surface area contributed by atoms with E-state index in [0.717, 1.165) is 11.3 Å². The normalized spacial score (nSPS) is 17.6. The number of furan rings is 1. The highest BCUT2D eigenvalue weighted by molar-refractivity contribution is 6.30. The molecule has 0 aliphatic carbocycles. The van der Waals surface area contributed by atoms with Gasteiger partial charge < -0.3 is 9.15 Å². The van der Waals surface area contributed by atoms with Gasteiger partial charge in [-0.15, -0.1) is 0 Å². The van der Waals surface area contributed by atoms with Crippen LogP contribution in [0.2, 0.25) is 5.02 Å². The van der Waals surface area contributed by atoms with Crippen LogP contribution in [-0.2, 0) is 14.3 Å². The van der Waals surface area contributed by atoms with E-state index in [2.05, 4.69) is 5.10 Å². The molecule has 0 spiro atoms. The third-order valence-corrected chi connectivity index (χ3v) is 4.57. The zero-order chi connectivity index (χ0) is 20.1. The van der Waals surface area contributed by atoms with Crippen molar-refractivity contribution in [1.29, 1.82) is 0 Å². The minimum atomic E-state index is -0.972. The summed E-state index contributed by atoms with van der Waals surface area (Å²) in [6.45, 7) is 3.44. The first-order valence-electron chi connectivity index (χ1n) is 9.06. The van der Waals surface area contributed by atoms with E-state index >= 15 is 0 Å². The van der Waals surface area contributed by atoms with Crippen molar-refractivity contribution in [2.24, 2.45) is 5.10 Å². The van der Waals surface area contributed by atoms with E-state index < -0.39 is 24.0 Å². The van der Waals surface area contributed by atoms with Crippen molar-refractivity contribution in [2.75, 3.05) is 0 Å². The van der Waals surface area contributed by atoms with Crippen LogP contribution in [0.5, 0.6) is 0 Å². The quantitative estimate of drug-likeness (QED) is 0.528. The average Bonchev–Trinajstić information content (AvgIpc) is 3.35. The third-order valence-electron chi connectivity index (χ3n) is 4.32. The molecule has 0 saturated heterocycles. The summed E-state index contributed by atoms with van der Waals surface area (Å²) in [5.41, 5.74) is 1.60. The van der Waals surface area contributed by atoms with Crippen LogP contribution in [0.3, 0.4) is 0 Å². The number of benzene rings is 1. The molecule has 2 aromatic rings. The highest BCUT2D eigenvalue weighted by Gasteiger charge is 2.37. The van der Waals surface area contributed by atoms with Gasteiger partial charge in [-0.2, -0.15) is 5.10 Å². The Hall–Kier alpha value is -2.86. The summed E-state index contributed by atoms with van der Waals surface area (Å²) in [5, 5.41) is 6.47. The van der Waals surface area contributed by atoms with Crippen molar-refractivity contribution < 1.29 is 18.7 Å². The molecule has 1 aliphatic heterocycles. The predicted octanol–water partition coefficient (Wildman–Crippen LogP) is 4.51. The molecule has 0 unspecified atom stereocenters. The Morgan fingerprint density at radius 1 is 1.36 bits per heavy atom. The lowest BCUT2D eigenvalue weighted by molar-refractivity contribution is -0.156. The molecule has 0 bridgehead atoms. The van der Waals surface area contributed by atoms with Crippen molar-refractivity contribution in [2.45, 2.75) is 38.8 Å². The fraction of sp³-hybridized carbons (Fsp3) is 0.286. The Kier molecular flexibility index (Phi) is 6.31. The van der Waals surface area contributed by atoms with Crippen molar-refractivity contribution in [3.05, 3.63) is 71.2 Å². The van der Waals surface area contributed by atoms with E-state index in [-0.39, 0.29) is 0 Å². The van der Waals surface area contributed by atoms with Gasteiger partial charge in [0.05, 0.1) is 12.0 Å². The standard InChI is InChI=1S/C21H21ClN2O4/c1-3-4-7-20(25)28-14(2)21(26)24-18(19-6-5-12-27-19)13-17(23-24)15-8-10-16(22)11-9-15/h4-12,14,18H,3,13H2,1-2H3/b7-4+/t14-,18-/m1/s1. The summed E-state index contributed by atoms with van der Waals surface area (Å²) < 4.78 is 10.7. The molecular weight excluding hydrogens is 380 g/mol. The van der Waals surface area contributed by atoms with E-state index in [0.29, 0.717) is 23.6 Å². The fourth-order valence-corrected chi connectivity index (χ4v) is 3.02. The van der Waals surface area contributed by atoms with Gasteiger partial charge in [-0.05, 0) is 43.2 Å². The molecule has 1 aromatic carbocycles. The number of hydrogen-bond donors (Lipinski definition) is 0. The molecule has 28 heavy (non-hydrogen) atoms. The zero-order valence-corrected chi connectivity index (χ0v) is 16.4. The number of esters is 1. The Morgan fingerprint density at radius 2 is 2.11 bits per heavy atom. The number of carbonyl (C=O) groups is 2. The first-order chi connectivity index (χ1) is 13.5. The molecule has 0 saturated carbocycles. The van der Waals surface area contributed by atoms with Crippen LogP contribution >= 0.6 is 11.6 Å². The van der Waals surface area contributed by atoms with E-state index in [1.807, 2.05) is 19.1 Å². The molecule has 0 radical (unpaired) electrons. The number of rotatable bonds is 6. The molecule has 6 nitrogen and oxygen atoms in total. The van der Waals surface area contributed by atoms with Gasteiger partial charge in [0.25, 0.3) is 5.91 Å². The number of hydrazone groups is 1. The van der Waals surface area contributed by atoms with Crippen LogP contribution in [-0.4, -0.2) is 28.7 Å². The van der Waals surface area contributed by atoms with Crippen LogP contribution in [0.25, 0.3) is 0 Å². The summed E-state index contributed by atoms with van der Waals surface area (Å²) in [6.07, 6.45) is 4.77. The van der Waals surface area contributed by atoms with Gasteiger partial charge in [0.15, 0.2) is 6.10 Å². The monoisotopic (exact) mass is 400 g/mol. The lowest BCUT2D eigenvalue weighted by Crippen LogP contribution is -2.37. The van der Waals surface area contributed by atoms with Gasteiger partial charge in [-0.3, -0.25) is 4.79 Å². The molecule has 146 valence electrons. The maximum absolute atomic E-state index is 12.9. The summed E-state index contributed by atoms with van der Waals surface area (Å²) in [5.74, 6) is -0.354. The predicted molar refractivity (Wildman–Crippen MR) is 106 cm³/mol. The van der Waals surface area contributed by atoms with Crippen molar-refractivity contribution >= 4 is 29.2 Å². The Morgan fingerprint density at radius 3 is 2.75 bits per heavy atom. The summed E-state index contributed by atoms with van der Waals surface area (Å²) in [6, 6.07) is 10.4. The SMILES string of the molecule is CC/C=C/C(=O)O[C@H](C)C(=O)N1N=C(c2ccc(Cl)cc2)C[C@@H]1c1ccco1. The second kappa shape index (κ2) is 8.89. The van der Waals surface area contributed by atoms with E-state index in [9.17, 15) is 9.59 Å². The summed E-state index contributed by atoms with van der Waals surface area (Å²) in [7, 11) is 0. The van der Waals surface area contributed by atoms with Gasteiger partial charge in [0, 0.05) is 17.5 Å². The smallest absolute Gasteiger partial charge is 0.331 e. The lowest BCUT2D eigenvalue weighted by atomic mass is 10.0. The molecule has 0 fully saturated rings. The van der Waals surface area contributed by atoms with E-state index in [1.165, 1.54) is 18.0 Å². The van der Waals surface area contributed by atoms with Crippen LogP contribution in [0.4, 0.5) is 0 Å². The number of ether oxygens (including phenoxy) is 1. The van der Waals surface area contributed by atoms with E-state index in [4.69, 9.17) is 20.8 Å². The average molecular weight is 401 g/mol. The number of hydrogen-bond acceptors (Lipinski definition) is 5. The van der Waals surface area contributed by atoms with Gasteiger partial charge >= 0.3 is 5.97 Å². The highest BCUT2D eigenvalue weighted by atomic mass is 35.5. The number of carbonyl (C=O) groups excluding carboxylic acids is 2. The highest BCUT2D eigenvalue weighted by Crippen LogP contribution is 2.34. The van der Waals surface area contributed by atoms with Crippen LogP contribution in [0.15, 0.2) is 64.3 Å². The first kappa shape index (κ1) is 19.9. The number of nitrogens with zero attached hydrogens (tertiary/aromatic N) is 2. The molecule has 2 heterocycles. The molecule has 1 aliphatic rings. The maximum atomic E-state index is 12.9. The zero-order valence-electron chi connectivity index (χ0n) is 15.7. The minimum Gasteiger partial charge on any atom is -0.467 e. The Labute approximate surface area is 168 Å². The Bertz CT molecular complexity index is 888. The number of allylic oxidation sites excluding steroid dienone is 1. The lowest BCUT2D eigenvalue weighted by Gasteiger charge is -2.22. The second-order valence-corrected chi connectivity index (χ2v) is 6.80. The van der Waals surface area contributed by atoms with Gasteiger partial charge in [0.1, 0.15) is 11.8 Å². The largest absolute Gasteiger partial charge is 0.467 e. The molecule has 1 amide bonds. The van der Waals surface area contributed by atoms with Crippen LogP contribution in [0, 0.1) is 0 Å². The molecule has 0 N–H and O–H groups in total. The Balaban J connectivity index is 1.83. The summed E-state index contributed by atoms with van der Waals surface area (Å²) in [4.78, 5) is 24.8. The first-order valence-corrected chi connectivity index (χ1v) is 9.44. The van der Waals surface area contributed by atoms with Crippen molar-refractivity contribution in [1.82, 2.24) is 5.01 Å². The molecular formula is C21H21ClN2O4. The molecule has 1 aromatic heterocycles. The van der Waals surface area contributed by atoms with Crippen molar-refractivity contribution in [3.63, 3.8) is 0 Å². The third kappa shape index (κ3) is 4.51. The topological polar surface area (TPSA) is 72.1 Å². The van der Waals surface area contributed by atoms with E-state index in [1.54, 1.807) is 36.6 Å². The fourth-order valence-electron chi connectivity index (χ4n) is 2.90. The molecule has 3 rings (SSSR count). The number of amides is 1. The van der Waals surface area contributed by atoms with Crippen molar-refractivity contribution in [3.8, 4) is 0 Å².